The molecule has 0 radical (unpaired) electrons. The first-order valence-corrected chi connectivity index (χ1v) is 5.30. The Morgan fingerprint density at radius 3 is 2.50 bits per heavy atom. The first-order chi connectivity index (χ1) is 6.83. The van der Waals surface area contributed by atoms with Gasteiger partial charge in [-0.15, -0.1) is 13.2 Å². The highest BCUT2D eigenvalue weighted by atomic mass is 31.1. The van der Waals surface area contributed by atoms with Crippen LogP contribution in [0.5, 0.6) is 0 Å². The van der Waals surface area contributed by atoms with E-state index in [0.717, 1.165) is 23.7 Å². The van der Waals surface area contributed by atoms with Crippen molar-refractivity contribution in [2.75, 3.05) is 0 Å². The highest BCUT2D eigenvalue weighted by Crippen LogP contribution is 2.13. The van der Waals surface area contributed by atoms with Gasteiger partial charge in [0, 0.05) is 5.30 Å². The summed E-state index contributed by atoms with van der Waals surface area (Å²) in [7, 11) is 0.0754. The molecule has 0 heterocycles. The molecule has 0 aliphatic rings. The Morgan fingerprint density at radius 2 is 1.93 bits per heavy atom. The molecule has 2 heteroatoms. The van der Waals surface area contributed by atoms with Crippen LogP contribution in [-0.2, 0) is 17.4 Å². The summed E-state index contributed by atoms with van der Waals surface area (Å²) in [5, 5.41) is 0.851. The first kappa shape index (κ1) is 10.9. The molecule has 0 atom stereocenters. The maximum atomic E-state index is 10.9. The molecule has 1 nitrogen and oxygen atoms in total. The standard InChI is InChI=1S/C12H13OP/c1-3-6-10-8-5-9-12(14-13)11(10)7-4-2/h3-5,8-9H,1-2,6-7H2. The summed E-state index contributed by atoms with van der Waals surface area (Å²) in [5.74, 6) is 0. The Morgan fingerprint density at radius 1 is 1.21 bits per heavy atom. The minimum atomic E-state index is 0.0754. The van der Waals surface area contributed by atoms with Gasteiger partial charge in [0.15, 0.2) is 8.46 Å². The highest BCUT2D eigenvalue weighted by Gasteiger charge is 2.05. The third-order valence-electron chi connectivity index (χ3n) is 2.06. The second-order valence-corrected chi connectivity index (χ2v) is 3.66. The molecule has 0 aliphatic carbocycles. The lowest BCUT2D eigenvalue weighted by Gasteiger charge is -2.07. The zero-order valence-electron chi connectivity index (χ0n) is 8.07. The van der Waals surface area contributed by atoms with E-state index in [-0.39, 0.29) is 8.46 Å². The van der Waals surface area contributed by atoms with Gasteiger partial charge in [-0.25, -0.2) is 0 Å². The fourth-order valence-electron chi connectivity index (χ4n) is 1.43. The van der Waals surface area contributed by atoms with Crippen LogP contribution in [0, 0.1) is 0 Å². The molecular weight excluding hydrogens is 191 g/mol. The summed E-state index contributed by atoms with van der Waals surface area (Å²) in [6.45, 7) is 7.41. The van der Waals surface area contributed by atoms with Crippen molar-refractivity contribution >= 4 is 13.8 Å². The largest absolute Gasteiger partial charge is 0.269 e. The second-order valence-electron chi connectivity index (χ2n) is 2.99. The van der Waals surface area contributed by atoms with Crippen LogP contribution in [0.1, 0.15) is 11.1 Å². The molecule has 0 saturated carbocycles. The molecule has 72 valence electrons. The molecule has 1 aromatic carbocycles. The van der Waals surface area contributed by atoms with Gasteiger partial charge in [-0.2, -0.15) is 0 Å². The molecule has 0 aromatic heterocycles. The summed E-state index contributed by atoms with van der Waals surface area (Å²) in [5.41, 5.74) is 2.29. The lowest BCUT2D eigenvalue weighted by Crippen LogP contribution is -2.05. The Hall–Kier alpha value is -1.20. The molecule has 0 unspecified atom stereocenters. The predicted molar refractivity (Wildman–Crippen MR) is 61.5 cm³/mol. The number of hydrogen-bond acceptors (Lipinski definition) is 1. The summed E-state index contributed by atoms with van der Waals surface area (Å²) >= 11 is 0. The van der Waals surface area contributed by atoms with Crippen molar-refractivity contribution in [1.29, 1.82) is 0 Å². The fraction of sp³-hybridized carbons (Fsp3) is 0.167. The van der Waals surface area contributed by atoms with Gasteiger partial charge >= 0.3 is 0 Å². The minimum Gasteiger partial charge on any atom is -0.269 e. The number of hydrogen-bond donors (Lipinski definition) is 0. The average Bonchev–Trinajstić information content (AvgIpc) is 2.21. The average molecular weight is 204 g/mol. The molecule has 0 spiro atoms. The molecule has 14 heavy (non-hydrogen) atoms. The lowest BCUT2D eigenvalue weighted by atomic mass is 10.0. The van der Waals surface area contributed by atoms with Crippen LogP contribution in [0.2, 0.25) is 0 Å². The number of benzene rings is 1. The van der Waals surface area contributed by atoms with Gasteiger partial charge in [0.2, 0.25) is 0 Å². The van der Waals surface area contributed by atoms with E-state index >= 15 is 0 Å². The van der Waals surface area contributed by atoms with Gasteiger partial charge < -0.3 is 0 Å². The quantitative estimate of drug-likeness (QED) is 0.532. The van der Waals surface area contributed by atoms with Gasteiger partial charge in [0.25, 0.3) is 0 Å². The summed E-state index contributed by atoms with van der Waals surface area (Å²) in [6.07, 6.45) is 5.26. The smallest absolute Gasteiger partial charge is 0.192 e. The van der Waals surface area contributed by atoms with Gasteiger partial charge in [0.05, 0.1) is 0 Å². The van der Waals surface area contributed by atoms with Crippen LogP contribution in [0.4, 0.5) is 0 Å². The van der Waals surface area contributed by atoms with Crippen LogP contribution in [0.15, 0.2) is 43.5 Å². The number of rotatable bonds is 5. The Labute approximate surface area is 86.4 Å². The fourth-order valence-corrected chi connectivity index (χ4v) is 1.93. The van der Waals surface area contributed by atoms with Crippen LogP contribution >= 0.6 is 8.46 Å². The van der Waals surface area contributed by atoms with Crippen molar-refractivity contribution < 1.29 is 4.57 Å². The Bertz CT molecular complexity index is 355. The molecule has 0 aliphatic heterocycles. The van der Waals surface area contributed by atoms with Crippen LogP contribution in [0.25, 0.3) is 0 Å². The number of allylic oxidation sites excluding steroid dienone is 2. The molecule has 0 bridgehead atoms. The van der Waals surface area contributed by atoms with Gasteiger partial charge in [0.1, 0.15) is 0 Å². The van der Waals surface area contributed by atoms with E-state index in [1.165, 1.54) is 5.56 Å². The van der Waals surface area contributed by atoms with E-state index in [9.17, 15) is 4.57 Å². The highest BCUT2D eigenvalue weighted by molar-refractivity contribution is 7.34. The van der Waals surface area contributed by atoms with Crippen molar-refractivity contribution in [1.82, 2.24) is 0 Å². The molecule has 0 amide bonds. The zero-order chi connectivity index (χ0) is 10.4. The maximum Gasteiger partial charge on any atom is 0.192 e. The third kappa shape index (κ3) is 2.40. The molecule has 0 fully saturated rings. The van der Waals surface area contributed by atoms with Crippen LogP contribution in [0.3, 0.4) is 0 Å². The van der Waals surface area contributed by atoms with E-state index in [2.05, 4.69) is 13.2 Å². The maximum absolute atomic E-state index is 10.9. The van der Waals surface area contributed by atoms with E-state index < -0.39 is 0 Å². The summed E-state index contributed by atoms with van der Waals surface area (Å²) in [4.78, 5) is 0. The van der Waals surface area contributed by atoms with Crippen molar-refractivity contribution in [3.63, 3.8) is 0 Å². The van der Waals surface area contributed by atoms with Crippen LogP contribution in [-0.4, -0.2) is 0 Å². The third-order valence-corrected chi connectivity index (χ3v) is 2.68. The normalized spacial score (nSPS) is 10.0. The lowest BCUT2D eigenvalue weighted by molar-refractivity contribution is 0.603. The van der Waals surface area contributed by atoms with Gasteiger partial charge in [-0.1, -0.05) is 24.3 Å². The Kier molecular flexibility index (Phi) is 4.28. The predicted octanol–water partition coefficient (Wildman–Crippen LogP) is 3.06. The molecule has 1 rings (SSSR count). The zero-order valence-corrected chi connectivity index (χ0v) is 8.97. The van der Waals surface area contributed by atoms with E-state index in [0.29, 0.717) is 0 Å². The van der Waals surface area contributed by atoms with E-state index in [1.807, 2.05) is 30.4 Å². The van der Waals surface area contributed by atoms with Crippen molar-refractivity contribution in [2.24, 2.45) is 0 Å². The first-order valence-electron chi connectivity index (χ1n) is 4.49. The van der Waals surface area contributed by atoms with Crippen LogP contribution < -0.4 is 5.30 Å². The summed E-state index contributed by atoms with van der Waals surface area (Å²) < 4.78 is 10.9. The van der Waals surface area contributed by atoms with Crippen molar-refractivity contribution in [3.8, 4) is 0 Å². The molecule has 0 N–H and O–H groups in total. The monoisotopic (exact) mass is 204 g/mol. The summed E-state index contributed by atoms with van der Waals surface area (Å²) in [6, 6.07) is 5.83. The SMILES string of the molecule is C=CCc1cccc(P=O)c1CC=C. The molecule has 0 saturated heterocycles. The van der Waals surface area contributed by atoms with Gasteiger partial charge in [-0.3, -0.25) is 4.57 Å². The Balaban J connectivity index is 3.18. The molecule has 1 aromatic rings. The van der Waals surface area contributed by atoms with E-state index in [1.54, 1.807) is 0 Å². The minimum absolute atomic E-state index is 0.0754. The van der Waals surface area contributed by atoms with Crippen molar-refractivity contribution in [3.05, 3.63) is 54.6 Å². The topological polar surface area (TPSA) is 17.1 Å². The van der Waals surface area contributed by atoms with E-state index in [4.69, 9.17) is 0 Å². The van der Waals surface area contributed by atoms with Gasteiger partial charge in [-0.05, 0) is 30.0 Å². The molecular formula is C12H13OP. The second kappa shape index (κ2) is 5.51. The van der Waals surface area contributed by atoms with Crippen molar-refractivity contribution in [2.45, 2.75) is 12.8 Å².